The normalized spacial score (nSPS) is 12.0. The SMILES string of the molecule is CCCCCCCCc1cccc(S(=O)(=O)OCCOc2nc(OCCOS(=O)(=O)c3cccc(CCCCCCCC)c3)nc(OCCOS(=O)(=O)c3cccc(CCCCCCCC)c3)n2)c1. The molecular weight excluding hydrogens is 943 g/mol. The lowest BCUT2D eigenvalue weighted by Gasteiger charge is -2.11. The van der Waals surface area contributed by atoms with E-state index in [-0.39, 0.29) is 72.4 Å². The number of aryl methyl sites for hydroxylation is 3. The van der Waals surface area contributed by atoms with Crippen molar-refractivity contribution >= 4 is 30.4 Å². The van der Waals surface area contributed by atoms with Crippen molar-refractivity contribution in [1.82, 2.24) is 15.0 Å². The van der Waals surface area contributed by atoms with Crippen molar-refractivity contribution in [2.75, 3.05) is 39.6 Å². The van der Waals surface area contributed by atoms with Crippen LogP contribution in [-0.2, 0) is 62.2 Å². The molecule has 0 atom stereocenters. The summed E-state index contributed by atoms with van der Waals surface area (Å²) in [5.41, 5.74) is 2.72. The van der Waals surface area contributed by atoms with Crippen LogP contribution in [0.3, 0.4) is 0 Å². The molecule has 0 aliphatic carbocycles. The molecule has 0 fully saturated rings. The molecule has 1 heterocycles. The summed E-state index contributed by atoms with van der Waals surface area (Å²) in [5, 5.41) is 0. The second-order valence-electron chi connectivity index (χ2n) is 17.1. The average Bonchev–Trinajstić information content (AvgIpc) is 3.34. The molecule has 4 aromatic rings. The molecule has 0 unspecified atom stereocenters. The topological polar surface area (TPSA) is 196 Å². The number of rotatable bonds is 39. The van der Waals surface area contributed by atoms with Crippen LogP contribution in [-0.4, -0.2) is 79.8 Å². The summed E-state index contributed by atoms with van der Waals surface area (Å²) in [6, 6.07) is 19.1. The van der Waals surface area contributed by atoms with E-state index >= 15 is 0 Å². The van der Waals surface area contributed by atoms with E-state index in [0.29, 0.717) is 0 Å². The van der Waals surface area contributed by atoms with Gasteiger partial charge in [-0.25, -0.2) is 0 Å². The molecule has 15 nitrogen and oxygen atoms in total. The Labute approximate surface area is 412 Å². The van der Waals surface area contributed by atoms with Crippen molar-refractivity contribution in [1.29, 1.82) is 0 Å². The summed E-state index contributed by atoms with van der Waals surface area (Å²) in [6.07, 6.45) is 22.6. The molecule has 1 aromatic heterocycles. The van der Waals surface area contributed by atoms with E-state index in [2.05, 4.69) is 35.7 Å². The zero-order valence-corrected chi connectivity index (χ0v) is 43.4. The third-order valence-electron chi connectivity index (χ3n) is 11.3. The predicted molar refractivity (Wildman–Crippen MR) is 266 cm³/mol. The number of benzene rings is 3. The molecule has 0 radical (unpaired) electrons. The molecule has 3 aromatic carbocycles. The first-order valence-electron chi connectivity index (χ1n) is 24.9. The number of nitrogens with zero attached hydrogens (tertiary/aromatic N) is 3. The van der Waals surface area contributed by atoms with E-state index in [1.807, 2.05) is 18.2 Å². The fraction of sp³-hybridized carbons (Fsp3) is 0.588. The molecule has 69 heavy (non-hydrogen) atoms. The summed E-state index contributed by atoms with van der Waals surface area (Å²) in [7, 11) is -12.4. The van der Waals surface area contributed by atoms with Crippen LogP contribution in [0.2, 0.25) is 0 Å². The highest BCUT2D eigenvalue weighted by Crippen LogP contribution is 2.21. The number of ether oxygens (including phenoxy) is 3. The maximum atomic E-state index is 13.1. The Morgan fingerprint density at radius 1 is 0.348 bits per heavy atom. The van der Waals surface area contributed by atoms with Gasteiger partial charge >= 0.3 is 18.0 Å². The van der Waals surface area contributed by atoms with Gasteiger partial charge in [-0.05, 0) is 91.6 Å². The maximum absolute atomic E-state index is 13.1. The lowest BCUT2D eigenvalue weighted by Crippen LogP contribution is -2.17. The predicted octanol–water partition coefficient (Wildman–Crippen LogP) is 10.9. The molecule has 0 aliphatic rings. The third kappa shape index (κ3) is 22.6. The van der Waals surface area contributed by atoms with E-state index in [1.165, 1.54) is 76.0 Å². The molecule has 384 valence electrons. The Balaban J connectivity index is 1.35. The molecule has 0 N–H and O–H groups in total. The van der Waals surface area contributed by atoms with Crippen LogP contribution in [0.15, 0.2) is 87.5 Å². The monoisotopic (exact) mass is 1020 g/mol. The van der Waals surface area contributed by atoms with Crippen molar-refractivity contribution in [3.8, 4) is 18.0 Å². The Hall–Kier alpha value is -4.20. The van der Waals surface area contributed by atoms with Gasteiger partial charge in [0.1, 0.15) is 39.6 Å². The number of unbranched alkanes of at least 4 members (excludes halogenated alkanes) is 15. The van der Waals surface area contributed by atoms with Gasteiger partial charge in [-0.1, -0.05) is 153 Å². The first-order valence-corrected chi connectivity index (χ1v) is 29.2. The second kappa shape index (κ2) is 31.9. The smallest absolute Gasteiger partial charge is 0.325 e. The average molecular weight is 1020 g/mol. The van der Waals surface area contributed by atoms with Crippen molar-refractivity contribution < 1.29 is 52.0 Å². The van der Waals surface area contributed by atoms with Crippen LogP contribution >= 0.6 is 0 Å². The molecule has 0 bridgehead atoms. The van der Waals surface area contributed by atoms with Crippen LogP contribution in [0.25, 0.3) is 0 Å². The van der Waals surface area contributed by atoms with Gasteiger partial charge < -0.3 is 14.2 Å². The first-order chi connectivity index (χ1) is 33.3. The summed E-state index contributed by atoms with van der Waals surface area (Å²) >= 11 is 0. The van der Waals surface area contributed by atoms with Crippen molar-refractivity contribution in [2.24, 2.45) is 0 Å². The summed E-state index contributed by atoms with van der Waals surface area (Å²) in [4.78, 5) is 12.5. The van der Waals surface area contributed by atoms with Gasteiger partial charge in [0.2, 0.25) is 0 Å². The molecule has 4 rings (SSSR count). The number of aromatic nitrogens is 3. The van der Waals surface area contributed by atoms with Gasteiger partial charge in [0, 0.05) is 0 Å². The summed E-state index contributed by atoms with van der Waals surface area (Å²) in [6.45, 7) is 4.44. The molecule has 18 heteroatoms. The van der Waals surface area contributed by atoms with E-state index in [1.54, 1.807) is 36.4 Å². The Kier molecular flexibility index (Phi) is 26.5. The van der Waals surface area contributed by atoms with E-state index in [9.17, 15) is 25.3 Å². The highest BCUT2D eigenvalue weighted by atomic mass is 32.2. The molecule has 0 saturated carbocycles. The molecule has 0 saturated heterocycles. The number of hydrogen-bond acceptors (Lipinski definition) is 15. The van der Waals surface area contributed by atoms with Crippen LogP contribution < -0.4 is 14.2 Å². The van der Waals surface area contributed by atoms with Crippen LogP contribution in [0, 0.1) is 0 Å². The summed E-state index contributed by atoms with van der Waals surface area (Å²) in [5.74, 6) is 0. The largest absolute Gasteiger partial charge is 0.461 e. The Morgan fingerprint density at radius 2 is 0.609 bits per heavy atom. The standard InChI is InChI=1S/C51H75N3O12S3/c1-4-7-10-13-16-19-25-43-28-22-31-46(40-43)67(55,56)64-37-34-61-49-52-50(62-35-38-65-68(57,58)47-32-23-29-44(41-47)26-20-17-14-11-8-5-2)54-51(53-49)63-36-39-66-69(59,60)48-33-24-30-45(42-48)27-21-18-15-12-9-6-3/h22-24,28-33,40-42H,4-21,25-27,34-39H2,1-3H3. The fourth-order valence-corrected chi connectivity index (χ4v) is 10.3. The molecular formula is C51H75N3O12S3. The molecule has 0 amide bonds. The van der Waals surface area contributed by atoms with Crippen molar-refractivity contribution in [3.63, 3.8) is 0 Å². The minimum Gasteiger partial charge on any atom is -0.461 e. The van der Waals surface area contributed by atoms with Gasteiger partial charge in [-0.15, -0.1) is 15.0 Å². The Morgan fingerprint density at radius 3 is 0.884 bits per heavy atom. The van der Waals surface area contributed by atoms with Gasteiger partial charge in [-0.3, -0.25) is 12.5 Å². The van der Waals surface area contributed by atoms with Crippen LogP contribution in [0.1, 0.15) is 153 Å². The quantitative estimate of drug-likeness (QED) is 0.0302. The fourth-order valence-electron chi connectivity index (χ4n) is 7.45. The minimum atomic E-state index is -4.12. The number of hydrogen-bond donors (Lipinski definition) is 0. The van der Waals surface area contributed by atoms with E-state index in [0.717, 1.165) is 93.7 Å². The minimum absolute atomic E-state index is 0.0349. The second-order valence-corrected chi connectivity index (χ2v) is 21.9. The highest BCUT2D eigenvalue weighted by Gasteiger charge is 2.20. The van der Waals surface area contributed by atoms with Gasteiger partial charge in [-0.2, -0.15) is 25.3 Å². The van der Waals surface area contributed by atoms with Crippen LogP contribution in [0.5, 0.6) is 18.0 Å². The molecule has 0 aliphatic heterocycles. The first kappa shape index (κ1) is 57.4. The van der Waals surface area contributed by atoms with Gasteiger partial charge in [0.05, 0.1) is 14.7 Å². The maximum Gasteiger partial charge on any atom is 0.325 e. The lowest BCUT2D eigenvalue weighted by atomic mass is 10.1. The zero-order valence-electron chi connectivity index (χ0n) is 41.0. The molecule has 0 spiro atoms. The lowest BCUT2D eigenvalue weighted by molar-refractivity contribution is 0.177. The van der Waals surface area contributed by atoms with Crippen LogP contribution in [0.4, 0.5) is 0 Å². The summed E-state index contributed by atoms with van der Waals surface area (Å²) < 4.78 is 111. The van der Waals surface area contributed by atoms with E-state index in [4.69, 9.17) is 26.8 Å². The van der Waals surface area contributed by atoms with E-state index < -0.39 is 30.4 Å². The van der Waals surface area contributed by atoms with Crippen molar-refractivity contribution in [2.45, 2.75) is 170 Å². The van der Waals surface area contributed by atoms with Gasteiger partial charge in [0.15, 0.2) is 0 Å². The van der Waals surface area contributed by atoms with Gasteiger partial charge in [0.25, 0.3) is 30.4 Å². The zero-order chi connectivity index (χ0) is 49.6. The third-order valence-corrected chi connectivity index (χ3v) is 15.2. The Bertz CT molecular complexity index is 2140. The highest BCUT2D eigenvalue weighted by molar-refractivity contribution is 7.87. The van der Waals surface area contributed by atoms with Crippen molar-refractivity contribution in [3.05, 3.63) is 89.5 Å².